The number of hydrogen-bond acceptors (Lipinski definition) is 2. The molecule has 0 saturated carbocycles. The molecular weight excluding hydrogens is 436 g/mol. The second kappa shape index (κ2) is 20.4. The first-order valence-corrected chi connectivity index (χ1v) is 15.6. The highest BCUT2D eigenvalue weighted by Crippen LogP contribution is 2.19. The van der Waals surface area contributed by atoms with E-state index in [1.54, 1.807) is 0 Å². The SMILES string of the molecule is CCCCCCCCCCCCCc1cnc(-c2ccc(CCCCCCCC(C)CC)cc2)nc1. The van der Waals surface area contributed by atoms with Gasteiger partial charge in [-0.05, 0) is 42.7 Å². The molecule has 0 radical (unpaired) electrons. The van der Waals surface area contributed by atoms with Crippen LogP contribution >= 0.6 is 0 Å². The number of aromatic nitrogens is 2. The van der Waals surface area contributed by atoms with Gasteiger partial charge >= 0.3 is 0 Å². The van der Waals surface area contributed by atoms with Crippen molar-refractivity contribution in [2.45, 2.75) is 149 Å². The average Bonchev–Trinajstić information content (AvgIpc) is 2.91. The largest absolute Gasteiger partial charge is 0.236 e. The second-order valence-corrected chi connectivity index (χ2v) is 11.2. The third kappa shape index (κ3) is 14.1. The van der Waals surface area contributed by atoms with E-state index in [4.69, 9.17) is 0 Å². The van der Waals surface area contributed by atoms with Crippen LogP contribution in [-0.2, 0) is 12.8 Å². The maximum Gasteiger partial charge on any atom is 0.159 e. The van der Waals surface area contributed by atoms with Gasteiger partial charge in [0.2, 0.25) is 0 Å². The molecule has 1 heterocycles. The minimum absolute atomic E-state index is 0.852. The van der Waals surface area contributed by atoms with Crippen molar-refractivity contribution in [3.8, 4) is 11.4 Å². The van der Waals surface area contributed by atoms with Crippen molar-refractivity contribution in [1.82, 2.24) is 9.97 Å². The lowest BCUT2D eigenvalue weighted by molar-refractivity contribution is 0.472. The molecule has 36 heavy (non-hydrogen) atoms. The Morgan fingerprint density at radius 2 is 1.03 bits per heavy atom. The Bertz CT molecular complexity index is 750. The van der Waals surface area contributed by atoms with Crippen molar-refractivity contribution in [1.29, 1.82) is 0 Å². The van der Waals surface area contributed by atoms with Crippen molar-refractivity contribution in [2.24, 2.45) is 5.92 Å². The second-order valence-electron chi connectivity index (χ2n) is 11.2. The summed E-state index contributed by atoms with van der Waals surface area (Å²) in [6.45, 7) is 6.97. The van der Waals surface area contributed by atoms with Crippen LogP contribution in [0.3, 0.4) is 0 Å². The lowest BCUT2D eigenvalue weighted by Gasteiger charge is -2.07. The third-order valence-electron chi connectivity index (χ3n) is 7.85. The summed E-state index contributed by atoms with van der Waals surface area (Å²) in [5.41, 5.74) is 3.84. The maximum absolute atomic E-state index is 4.66. The molecule has 2 aromatic rings. The first kappa shape index (κ1) is 30.5. The highest BCUT2D eigenvalue weighted by atomic mass is 14.9. The Morgan fingerprint density at radius 1 is 0.556 bits per heavy atom. The first-order valence-electron chi connectivity index (χ1n) is 15.6. The van der Waals surface area contributed by atoms with E-state index in [-0.39, 0.29) is 0 Å². The van der Waals surface area contributed by atoms with Crippen molar-refractivity contribution in [3.63, 3.8) is 0 Å². The molecule has 202 valence electrons. The molecule has 0 fully saturated rings. The van der Waals surface area contributed by atoms with Crippen LogP contribution in [0.2, 0.25) is 0 Å². The summed E-state index contributed by atoms with van der Waals surface area (Å²) in [6, 6.07) is 8.92. The predicted octanol–water partition coefficient (Wildman–Crippen LogP) is 10.9. The van der Waals surface area contributed by atoms with E-state index in [0.717, 1.165) is 23.7 Å². The molecule has 0 bridgehead atoms. The third-order valence-corrected chi connectivity index (χ3v) is 7.85. The van der Waals surface area contributed by atoms with Gasteiger partial charge in [-0.3, -0.25) is 0 Å². The van der Waals surface area contributed by atoms with Gasteiger partial charge in [0, 0.05) is 18.0 Å². The molecule has 2 heteroatoms. The van der Waals surface area contributed by atoms with E-state index in [2.05, 4.69) is 55.0 Å². The Morgan fingerprint density at radius 3 is 1.56 bits per heavy atom. The predicted molar refractivity (Wildman–Crippen MR) is 158 cm³/mol. The quantitative estimate of drug-likeness (QED) is 0.153. The molecule has 0 aliphatic heterocycles. The number of benzene rings is 1. The minimum Gasteiger partial charge on any atom is -0.236 e. The Balaban J connectivity index is 1.54. The monoisotopic (exact) mass is 492 g/mol. The van der Waals surface area contributed by atoms with Crippen LogP contribution in [0.1, 0.15) is 147 Å². The smallest absolute Gasteiger partial charge is 0.159 e. The van der Waals surface area contributed by atoms with Crippen LogP contribution in [0.15, 0.2) is 36.7 Å². The minimum atomic E-state index is 0.852. The van der Waals surface area contributed by atoms with Crippen LogP contribution in [-0.4, -0.2) is 9.97 Å². The molecule has 1 atom stereocenters. The van der Waals surface area contributed by atoms with Gasteiger partial charge in [-0.25, -0.2) is 9.97 Å². The first-order chi connectivity index (χ1) is 17.7. The topological polar surface area (TPSA) is 25.8 Å². The van der Waals surface area contributed by atoms with E-state index >= 15 is 0 Å². The molecule has 0 aliphatic rings. The van der Waals surface area contributed by atoms with Crippen LogP contribution in [0, 0.1) is 5.92 Å². The summed E-state index contributed by atoms with van der Waals surface area (Å²) >= 11 is 0. The van der Waals surface area contributed by atoms with Gasteiger partial charge < -0.3 is 0 Å². The average molecular weight is 493 g/mol. The van der Waals surface area contributed by atoms with Gasteiger partial charge in [0.1, 0.15) is 0 Å². The lowest BCUT2D eigenvalue weighted by Crippen LogP contribution is -1.94. The van der Waals surface area contributed by atoms with Gasteiger partial charge in [-0.2, -0.15) is 0 Å². The zero-order chi connectivity index (χ0) is 25.7. The number of rotatable bonds is 22. The molecule has 2 rings (SSSR count). The fourth-order valence-electron chi connectivity index (χ4n) is 5.00. The van der Waals surface area contributed by atoms with Gasteiger partial charge in [0.05, 0.1) is 0 Å². The zero-order valence-electron chi connectivity index (χ0n) is 24.1. The van der Waals surface area contributed by atoms with Crippen molar-refractivity contribution >= 4 is 0 Å². The van der Waals surface area contributed by atoms with Crippen molar-refractivity contribution < 1.29 is 0 Å². The summed E-state index contributed by atoms with van der Waals surface area (Å²) in [5, 5.41) is 0. The van der Waals surface area contributed by atoms with Crippen molar-refractivity contribution in [3.05, 3.63) is 47.8 Å². The summed E-state index contributed by atoms with van der Waals surface area (Å²) < 4.78 is 0. The van der Waals surface area contributed by atoms with Gasteiger partial charge in [0.25, 0.3) is 0 Å². The lowest BCUT2D eigenvalue weighted by atomic mass is 9.99. The molecule has 1 unspecified atom stereocenters. The molecule has 0 spiro atoms. The van der Waals surface area contributed by atoms with Gasteiger partial charge in [0.15, 0.2) is 5.82 Å². The number of hydrogen-bond donors (Lipinski definition) is 0. The van der Waals surface area contributed by atoms with Crippen molar-refractivity contribution in [2.75, 3.05) is 0 Å². The van der Waals surface area contributed by atoms with Gasteiger partial charge in [-0.1, -0.05) is 148 Å². The number of nitrogens with zero attached hydrogens (tertiary/aromatic N) is 2. The molecule has 0 N–H and O–H groups in total. The van der Waals surface area contributed by atoms with Crippen LogP contribution in [0.4, 0.5) is 0 Å². The Labute approximate surface area is 224 Å². The summed E-state index contributed by atoms with van der Waals surface area (Å²) in [6.07, 6.45) is 31.2. The molecule has 0 aliphatic carbocycles. The number of unbranched alkanes of at least 4 members (excludes halogenated alkanes) is 14. The molecule has 0 amide bonds. The fourth-order valence-corrected chi connectivity index (χ4v) is 5.00. The normalized spacial score (nSPS) is 12.2. The summed E-state index contributed by atoms with van der Waals surface area (Å²) in [7, 11) is 0. The van der Waals surface area contributed by atoms with E-state index in [9.17, 15) is 0 Å². The molecule has 2 nitrogen and oxygen atoms in total. The maximum atomic E-state index is 4.66. The van der Waals surface area contributed by atoms with Crippen LogP contribution < -0.4 is 0 Å². The molecule has 0 saturated heterocycles. The number of aryl methyl sites for hydroxylation is 2. The van der Waals surface area contributed by atoms with E-state index in [1.807, 2.05) is 12.4 Å². The Hall–Kier alpha value is -1.70. The fraction of sp³-hybridized carbons (Fsp3) is 0.706. The standard InChI is InChI=1S/C34H56N2/c1-4-6-7-8-9-10-11-12-13-16-20-23-32-28-35-34(36-29-32)33-26-24-31(25-27-33)22-19-17-14-15-18-21-30(3)5-2/h24-30H,4-23H2,1-3H3. The highest BCUT2D eigenvalue weighted by Gasteiger charge is 2.03. The van der Waals surface area contributed by atoms with Gasteiger partial charge in [-0.15, -0.1) is 0 Å². The van der Waals surface area contributed by atoms with E-state index in [1.165, 1.54) is 133 Å². The molecule has 1 aromatic heterocycles. The molecular formula is C34H56N2. The molecule has 1 aromatic carbocycles. The van der Waals surface area contributed by atoms with E-state index in [0.29, 0.717) is 0 Å². The summed E-state index contributed by atoms with van der Waals surface area (Å²) in [5.74, 6) is 1.75. The summed E-state index contributed by atoms with van der Waals surface area (Å²) in [4.78, 5) is 9.32. The zero-order valence-corrected chi connectivity index (χ0v) is 24.1. The highest BCUT2D eigenvalue weighted by molar-refractivity contribution is 5.55. The van der Waals surface area contributed by atoms with E-state index < -0.39 is 0 Å². The Kier molecular flexibility index (Phi) is 17.3. The van der Waals surface area contributed by atoms with Crippen LogP contribution in [0.25, 0.3) is 11.4 Å². The van der Waals surface area contributed by atoms with Crippen LogP contribution in [0.5, 0.6) is 0 Å².